The minimum Gasteiger partial charge on any atom is -0.233 e. The molecule has 0 spiro atoms. The molecule has 0 aliphatic carbocycles. The Labute approximate surface area is 83.6 Å². The molecular formula is C9H5ClF2N2. The predicted octanol–water partition coefficient (Wildman–Crippen LogP) is 2.87. The standard InChI is InChI=1S/C9H5ClF2N2/c1-4-2-5(11)8-6(7(4)12)9(10)14-3-13-8/h2-3H,1H3. The fourth-order valence-electron chi connectivity index (χ4n) is 1.26. The number of aromatic nitrogens is 2. The van der Waals surface area contributed by atoms with Crippen molar-refractivity contribution in [2.75, 3.05) is 0 Å². The van der Waals surface area contributed by atoms with Crippen LogP contribution in [-0.2, 0) is 0 Å². The van der Waals surface area contributed by atoms with Gasteiger partial charge in [0.05, 0.1) is 5.39 Å². The van der Waals surface area contributed by atoms with E-state index < -0.39 is 11.6 Å². The fourth-order valence-corrected chi connectivity index (χ4v) is 1.47. The maximum Gasteiger partial charge on any atom is 0.150 e. The van der Waals surface area contributed by atoms with Crippen LogP contribution in [0.3, 0.4) is 0 Å². The molecular weight excluding hydrogens is 210 g/mol. The zero-order valence-corrected chi connectivity index (χ0v) is 7.94. The van der Waals surface area contributed by atoms with Gasteiger partial charge in [0.1, 0.15) is 28.6 Å². The summed E-state index contributed by atoms with van der Waals surface area (Å²) in [4.78, 5) is 7.23. The summed E-state index contributed by atoms with van der Waals surface area (Å²) in [6.45, 7) is 1.46. The first kappa shape index (κ1) is 9.27. The van der Waals surface area contributed by atoms with Gasteiger partial charge in [-0.05, 0) is 18.6 Å². The number of hydrogen-bond acceptors (Lipinski definition) is 2. The Morgan fingerprint density at radius 2 is 2.00 bits per heavy atom. The number of fused-ring (bicyclic) bond motifs is 1. The van der Waals surface area contributed by atoms with E-state index in [9.17, 15) is 8.78 Å². The summed E-state index contributed by atoms with van der Waals surface area (Å²) < 4.78 is 26.8. The number of halogens is 3. The molecule has 0 bridgehead atoms. The molecule has 0 saturated heterocycles. The van der Waals surface area contributed by atoms with Crippen molar-refractivity contribution >= 4 is 22.5 Å². The van der Waals surface area contributed by atoms with Crippen molar-refractivity contribution < 1.29 is 8.78 Å². The van der Waals surface area contributed by atoms with Crippen LogP contribution in [0.25, 0.3) is 10.9 Å². The van der Waals surface area contributed by atoms with Crippen LogP contribution in [0, 0.1) is 18.6 Å². The van der Waals surface area contributed by atoms with Gasteiger partial charge in [-0.15, -0.1) is 0 Å². The highest BCUT2D eigenvalue weighted by Crippen LogP contribution is 2.26. The highest BCUT2D eigenvalue weighted by atomic mass is 35.5. The lowest BCUT2D eigenvalue weighted by Gasteiger charge is -2.03. The van der Waals surface area contributed by atoms with E-state index in [0.29, 0.717) is 0 Å². The zero-order valence-electron chi connectivity index (χ0n) is 7.18. The lowest BCUT2D eigenvalue weighted by Crippen LogP contribution is -1.94. The van der Waals surface area contributed by atoms with Gasteiger partial charge < -0.3 is 0 Å². The number of hydrogen-bond donors (Lipinski definition) is 0. The van der Waals surface area contributed by atoms with Crippen LogP contribution in [-0.4, -0.2) is 9.97 Å². The Bertz CT molecular complexity index is 514. The average Bonchev–Trinajstić information content (AvgIpc) is 2.14. The quantitative estimate of drug-likeness (QED) is 0.631. The molecule has 2 aromatic rings. The van der Waals surface area contributed by atoms with Crippen LogP contribution in [0.4, 0.5) is 8.78 Å². The molecule has 14 heavy (non-hydrogen) atoms. The molecule has 0 atom stereocenters. The maximum atomic E-state index is 13.5. The second kappa shape index (κ2) is 3.13. The summed E-state index contributed by atoms with van der Waals surface area (Å²) in [7, 11) is 0. The van der Waals surface area contributed by atoms with Gasteiger partial charge in [-0.1, -0.05) is 11.6 Å². The minimum atomic E-state index is -0.594. The summed E-state index contributed by atoms with van der Waals surface area (Å²) in [5.41, 5.74) is 0.0970. The van der Waals surface area contributed by atoms with E-state index >= 15 is 0 Å². The molecule has 0 saturated carbocycles. The highest BCUT2D eigenvalue weighted by Gasteiger charge is 2.13. The van der Waals surface area contributed by atoms with E-state index in [0.717, 1.165) is 12.4 Å². The van der Waals surface area contributed by atoms with Crippen molar-refractivity contribution in [2.45, 2.75) is 6.92 Å². The SMILES string of the molecule is Cc1cc(F)c2ncnc(Cl)c2c1F. The third-order valence-corrected chi connectivity index (χ3v) is 2.22. The number of benzene rings is 1. The Hall–Kier alpha value is -1.29. The van der Waals surface area contributed by atoms with Crippen molar-refractivity contribution in [2.24, 2.45) is 0 Å². The Morgan fingerprint density at radius 1 is 1.29 bits per heavy atom. The minimum absolute atomic E-state index is 0.0633. The van der Waals surface area contributed by atoms with Gasteiger partial charge in [-0.3, -0.25) is 0 Å². The van der Waals surface area contributed by atoms with Crippen molar-refractivity contribution in [1.29, 1.82) is 0 Å². The van der Waals surface area contributed by atoms with Crippen molar-refractivity contribution in [3.8, 4) is 0 Å². The normalized spacial score (nSPS) is 10.9. The topological polar surface area (TPSA) is 25.8 Å². The first-order valence-corrected chi connectivity index (χ1v) is 4.24. The zero-order chi connectivity index (χ0) is 10.3. The molecule has 0 unspecified atom stereocenters. The Balaban J connectivity index is 3.03. The van der Waals surface area contributed by atoms with Gasteiger partial charge >= 0.3 is 0 Å². The van der Waals surface area contributed by atoms with Crippen LogP contribution in [0.5, 0.6) is 0 Å². The Kier molecular flexibility index (Phi) is 2.07. The number of aryl methyl sites for hydroxylation is 1. The monoisotopic (exact) mass is 214 g/mol. The first-order chi connectivity index (χ1) is 6.61. The van der Waals surface area contributed by atoms with Crippen molar-refractivity contribution in [1.82, 2.24) is 9.97 Å². The van der Waals surface area contributed by atoms with Crippen molar-refractivity contribution in [3.63, 3.8) is 0 Å². The van der Waals surface area contributed by atoms with E-state index in [2.05, 4.69) is 9.97 Å². The summed E-state index contributed by atoms with van der Waals surface area (Å²) >= 11 is 5.65. The molecule has 72 valence electrons. The second-order valence-electron chi connectivity index (χ2n) is 2.88. The smallest absolute Gasteiger partial charge is 0.150 e. The third kappa shape index (κ3) is 1.23. The number of nitrogens with zero attached hydrogens (tertiary/aromatic N) is 2. The van der Waals surface area contributed by atoms with Gasteiger partial charge in [0.2, 0.25) is 0 Å². The van der Waals surface area contributed by atoms with Crippen LogP contribution >= 0.6 is 11.6 Å². The molecule has 0 N–H and O–H groups in total. The predicted molar refractivity (Wildman–Crippen MR) is 49.2 cm³/mol. The lowest BCUT2D eigenvalue weighted by atomic mass is 10.1. The van der Waals surface area contributed by atoms with E-state index in [1.165, 1.54) is 6.92 Å². The molecule has 1 aromatic heterocycles. The summed E-state index contributed by atoms with van der Waals surface area (Å²) in [5, 5.41) is -0.137. The number of rotatable bonds is 0. The molecule has 2 nitrogen and oxygen atoms in total. The molecule has 5 heteroatoms. The highest BCUT2D eigenvalue weighted by molar-refractivity contribution is 6.34. The van der Waals surface area contributed by atoms with E-state index in [1.54, 1.807) is 0 Å². The molecule has 0 radical (unpaired) electrons. The molecule has 0 aliphatic rings. The largest absolute Gasteiger partial charge is 0.233 e. The van der Waals surface area contributed by atoms with E-state index in [4.69, 9.17) is 11.6 Å². The summed E-state index contributed by atoms with van der Waals surface area (Å²) in [5.74, 6) is -1.17. The van der Waals surface area contributed by atoms with E-state index in [1.807, 2.05) is 0 Å². The van der Waals surface area contributed by atoms with Gasteiger partial charge in [0.15, 0.2) is 0 Å². The van der Waals surface area contributed by atoms with Crippen LogP contribution in [0.2, 0.25) is 5.15 Å². The van der Waals surface area contributed by atoms with Crippen LogP contribution in [0.15, 0.2) is 12.4 Å². The van der Waals surface area contributed by atoms with Gasteiger partial charge in [0.25, 0.3) is 0 Å². The molecule has 2 rings (SSSR count). The molecule has 0 amide bonds. The van der Waals surface area contributed by atoms with Gasteiger partial charge in [0, 0.05) is 0 Å². The lowest BCUT2D eigenvalue weighted by molar-refractivity contribution is 0.607. The molecule has 1 heterocycles. The van der Waals surface area contributed by atoms with Crippen molar-refractivity contribution in [3.05, 3.63) is 34.7 Å². The summed E-state index contributed by atoms with van der Waals surface area (Å²) in [6, 6.07) is 1.08. The maximum absolute atomic E-state index is 13.5. The molecule has 0 aliphatic heterocycles. The Morgan fingerprint density at radius 3 is 2.71 bits per heavy atom. The third-order valence-electron chi connectivity index (χ3n) is 1.94. The molecule has 0 fully saturated rings. The average molecular weight is 215 g/mol. The van der Waals surface area contributed by atoms with E-state index in [-0.39, 0.29) is 21.6 Å². The van der Waals surface area contributed by atoms with Crippen LogP contribution < -0.4 is 0 Å². The summed E-state index contributed by atoms with van der Waals surface area (Å²) in [6.07, 6.45) is 1.10. The molecule has 1 aromatic carbocycles. The van der Waals surface area contributed by atoms with Crippen LogP contribution in [0.1, 0.15) is 5.56 Å². The second-order valence-corrected chi connectivity index (χ2v) is 3.24. The fraction of sp³-hybridized carbons (Fsp3) is 0.111. The first-order valence-electron chi connectivity index (χ1n) is 3.86. The van der Waals surface area contributed by atoms with Gasteiger partial charge in [-0.25, -0.2) is 18.7 Å². The van der Waals surface area contributed by atoms with Gasteiger partial charge in [-0.2, -0.15) is 0 Å².